The van der Waals surface area contributed by atoms with Crippen molar-refractivity contribution in [1.29, 1.82) is 0 Å². The highest BCUT2D eigenvalue weighted by Crippen LogP contribution is 2.26. The molecular weight excluding hydrogens is 423 g/mol. The molecule has 0 aliphatic heterocycles. The normalized spacial score (nSPS) is 10.9. The minimum Gasteiger partial charge on any atom is -0.494 e. The molecule has 1 amide bonds. The summed E-state index contributed by atoms with van der Waals surface area (Å²) in [5.41, 5.74) is 3.97. The monoisotopic (exact) mass is 440 g/mol. The first-order valence-corrected chi connectivity index (χ1v) is 10.1. The molecule has 6 nitrogen and oxygen atoms in total. The number of ether oxygens (including phenoxy) is 1. The van der Waals surface area contributed by atoms with E-state index in [0.717, 1.165) is 22.7 Å². The van der Waals surface area contributed by atoms with Gasteiger partial charge in [0.25, 0.3) is 5.91 Å². The molecule has 2 aromatic heterocycles. The van der Waals surface area contributed by atoms with Crippen molar-refractivity contribution in [2.75, 3.05) is 11.9 Å². The summed E-state index contributed by atoms with van der Waals surface area (Å²) in [4.78, 5) is 17.3. The van der Waals surface area contributed by atoms with Crippen molar-refractivity contribution >= 4 is 40.4 Å². The number of hydrogen-bond donors (Lipinski definition) is 1. The average Bonchev–Trinajstić information content (AvgIpc) is 3.17. The Hall–Kier alpha value is -3.09. The maximum atomic E-state index is 12.6. The van der Waals surface area contributed by atoms with Gasteiger partial charge in [0, 0.05) is 23.0 Å². The Bertz CT molecular complexity index is 1240. The third-order valence-corrected chi connectivity index (χ3v) is 5.22. The summed E-state index contributed by atoms with van der Waals surface area (Å²) in [5, 5.41) is 7.94. The molecule has 2 heterocycles. The summed E-state index contributed by atoms with van der Waals surface area (Å²) in [7, 11) is 0. The second kappa shape index (κ2) is 8.34. The fourth-order valence-electron chi connectivity index (χ4n) is 3.04. The van der Waals surface area contributed by atoms with Crippen molar-refractivity contribution < 1.29 is 9.53 Å². The molecule has 8 heteroatoms. The summed E-state index contributed by atoms with van der Waals surface area (Å²) in [6.45, 7) is 4.48. The Morgan fingerprint density at radius 2 is 1.83 bits per heavy atom. The predicted molar refractivity (Wildman–Crippen MR) is 119 cm³/mol. The van der Waals surface area contributed by atoms with Crippen molar-refractivity contribution in [3.63, 3.8) is 0 Å². The SMILES string of the molecule is CCOc1ccc(-c2cc(C)n3nc(C(=O)Nc4ccc(Cl)c(Cl)c4)cc3n2)cc1. The first kappa shape index (κ1) is 20.2. The molecule has 152 valence electrons. The van der Waals surface area contributed by atoms with Gasteiger partial charge in [-0.2, -0.15) is 5.10 Å². The van der Waals surface area contributed by atoms with Crippen LogP contribution in [0.3, 0.4) is 0 Å². The van der Waals surface area contributed by atoms with Gasteiger partial charge in [0.05, 0.1) is 22.3 Å². The number of rotatable bonds is 5. The van der Waals surface area contributed by atoms with Gasteiger partial charge in [-0.1, -0.05) is 23.2 Å². The lowest BCUT2D eigenvalue weighted by Gasteiger charge is -2.06. The summed E-state index contributed by atoms with van der Waals surface area (Å²) in [5.74, 6) is 0.450. The number of fused-ring (bicyclic) bond motifs is 1. The van der Waals surface area contributed by atoms with Gasteiger partial charge in [-0.25, -0.2) is 9.50 Å². The highest BCUT2D eigenvalue weighted by molar-refractivity contribution is 6.42. The summed E-state index contributed by atoms with van der Waals surface area (Å²) < 4.78 is 7.13. The standard InChI is InChI=1S/C22H18Cl2N4O2/c1-3-30-16-7-4-14(5-8-16)19-10-13(2)28-21(26-19)12-20(27-28)22(29)25-15-6-9-17(23)18(24)11-15/h4-12H,3H2,1-2H3,(H,25,29). The van der Waals surface area contributed by atoms with Crippen LogP contribution in [0.4, 0.5) is 5.69 Å². The Morgan fingerprint density at radius 1 is 1.07 bits per heavy atom. The number of amides is 1. The van der Waals surface area contributed by atoms with Gasteiger partial charge in [-0.3, -0.25) is 4.79 Å². The van der Waals surface area contributed by atoms with Gasteiger partial charge in [0.1, 0.15) is 5.75 Å². The minimum absolute atomic E-state index is 0.250. The third kappa shape index (κ3) is 4.10. The van der Waals surface area contributed by atoms with Crippen molar-refractivity contribution in [3.8, 4) is 17.0 Å². The lowest BCUT2D eigenvalue weighted by Crippen LogP contribution is -2.12. The average molecular weight is 441 g/mol. The molecule has 0 spiro atoms. The van der Waals surface area contributed by atoms with Gasteiger partial charge in [-0.15, -0.1) is 0 Å². The molecular formula is C22H18Cl2N4O2. The maximum Gasteiger partial charge on any atom is 0.276 e. The zero-order valence-electron chi connectivity index (χ0n) is 16.3. The second-order valence-corrected chi connectivity index (χ2v) is 7.44. The molecule has 30 heavy (non-hydrogen) atoms. The number of carbonyl (C=O) groups is 1. The molecule has 0 aliphatic carbocycles. The molecule has 0 atom stereocenters. The zero-order chi connectivity index (χ0) is 21.3. The summed E-state index contributed by atoms with van der Waals surface area (Å²) in [6.07, 6.45) is 0. The van der Waals surface area contributed by atoms with E-state index in [-0.39, 0.29) is 11.6 Å². The van der Waals surface area contributed by atoms with Crippen LogP contribution in [0.1, 0.15) is 23.1 Å². The fourth-order valence-corrected chi connectivity index (χ4v) is 3.34. The van der Waals surface area contributed by atoms with E-state index in [1.165, 1.54) is 0 Å². The number of halogens is 2. The van der Waals surface area contributed by atoms with Crippen molar-refractivity contribution in [2.45, 2.75) is 13.8 Å². The highest BCUT2D eigenvalue weighted by Gasteiger charge is 2.15. The van der Waals surface area contributed by atoms with E-state index in [2.05, 4.69) is 15.4 Å². The van der Waals surface area contributed by atoms with Crippen LogP contribution in [0.25, 0.3) is 16.9 Å². The molecule has 0 bridgehead atoms. The number of hydrogen-bond acceptors (Lipinski definition) is 4. The van der Waals surface area contributed by atoms with Crippen LogP contribution in [-0.2, 0) is 0 Å². The topological polar surface area (TPSA) is 68.5 Å². The van der Waals surface area contributed by atoms with Gasteiger partial charge in [0.2, 0.25) is 0 Å². The molecule has 1 N–H and O–H groups in total. The van der Waals surface area contributed by atoms with Gasteiger partial charge >= 0.3 is 0 Å². The first-order valence-electron chi connectivity index (χ1n) is 9.31. The van der Waals surface area contributed by atoms with E-state index >= 15 is 0 Å². The Kier molecular flexibility index (Phi) is 5.61. The highest BCUT2D eigenvalue weighted by atomic mass is 35.5. The number of benzene rings is 2. The van der Waals surface area contributed by atoms with Crippen LogP contribution < -0.4 is 10.1 Å². The number of nitrogens with one attached hydrogen (secondary N) is 1. The quantitative estimate of drug-likeness (QED) is 0.434. The number of aryl methyl sites for hydroxylation is 1. The van der Waals surface area contributed by atoms with Crippen LogP contribution in [0.2, 0.25) is 10.0 Å². The van der Waals surface area contributed by atoms with Gasteiger partial charge in [-0.05, 0) is 62.4 Å². The summed E-state index contributed by atoms with van der Waals surface area (Å²) >= 11 is 11.9. The number of nitrogens with zero attached hydrogens (tertiary/aromatic N) is 3. The minimum atomic E-state index is -0.360. The van der Waals surface area contributed by atoms with Crippen LogP contribution in [0.5, 0.6) is 5.75 Å². The number of carbonyl (C=O) groups excluding carboxylic acids is 1. The third-order valence-electron chi connectivity index (χ3n) is 4.48. The molecule has 0 unspecified atom stereocenters. The van der Waals surface area contributed by atoms with Gasteiger partial charge in [0.15, 0.2) is 11.3 Å². The molecule has 2 aromatic carbocycles. The van der Waals surface area contributed by atoms with Crippen LogP contribution in [0, 0.1) is 6.92 Å². The molecule has 0 saturated heterocycles. The van der Waals surface area contributed by atoms with E-state index in [0.29, 0.717) is 28.0 Å². The zero-order valence-corrected chi connectivity index (χ0v) is 17.8. The van der Waals surface area contributed by atoms with E-state index in [1.807, 2.05) is 44.2 Å². The molecule has 4 aromatic rings. The Labute approximate surface area is 183 Å². The summed E-state index contributed by atoms with van der Waals surface area (Å²) in [6, 6.07) is 16.2. The van der Waals surface area contributed by atoms with Crippen LogP contribution >= 0.6 is 23.2 Å². The smallest absolute Gasteiger partial charge is 0.276 e. The molecule has 4 rings (SSSR count). The largest absolute Gasteiger partial charge is 0.494 e. The Morgan fingerprint density at radius 3 is 2.53 bits per heavy atom. The predicted octanol–water partition coefficient (Wildman–Crippen LogP) is 5.66. The molecule has 0 aliphatic rings. The lowest BCUT2D eigenvalue weighted by molar-refractivity contribution is 0.102. The molecule has 0 saturated carbocycles. The van der Waals surface area contributed by atoms with E-state index in [1.54, 1.807) is 28.8 Å². The van der Waals surface area contributed by atoms with Crippen LogP contribution in [0.15, 0.2) is 54.6 Å². The van der Waals surface area contributed by atoms with Crippen LogP contribution in [-0.4, -0.2) is 27.1 Å². The van der Waals surface area contributed by atoms with E-state index in [9.17, 15) is 4.79 Å². The van der Waals surface area contributed by atoms with Crippen molar-refractivity contribution in [2.24, 2.45) is 0 Å². The fraction of sp³-hybridized carbons (Fsp3) is 0.136. The molecule has 0 fully saturated rings. The Balaban J connectivity index is 1.62. The van der Waals surface area contributed by atoms with Gasteiger partial charge < -0.3 is 10.1 Å². The maximum absolute atomic E-state index is 12.6. The van der Waals surface area contributed by atoms with Crippen molar-refractivity contribution in [3.05, 3.63) is 76.0 Å². The first-order chi connectivity index (χ1) is 14.4. The second-order valence-electron chi connectivity index (χ2n) is 6.62. The van der Waals surface area contributed by atoms with E-state index < -0.39 is 0 Å². The van der Waals surface area contributed by atoms with Crippen molar-refractivity contribution in [1.82, 2.24) is 14.6 Å². The lowest BCUT2D eigenvalue weighted by atomic mass is 10.1. The molecule has 0 radical (unpaired) electrons. The number of aromatic nitrogens is 3. The number of anilines is 1. The van der Waals surface area contributed by atoms with E-state index in [4.69, 9.17) is 27.9 Å².